The predicted molar refractivity (Wildman–Crippen MR) is 109 cm³/mol. The van der Waals surface area contributed by atoms with Crippen LogP contribution in [0.5, 0.6) is 0 Å². The van der Waals surface area contributed by atoms with Gasteiger partial charge in [0.2, 0.25) is 0 Å². The minimum Gasteiger partial charge on any atom is -0.232 e. The molecule has 0 aliphatic heterocycles. The molecule has 0 spiro atoms. The van der Waals surface area contributed by atoms with Gasteiger partial charge in [-0.05, 0) is 57.4 Å². The van der Waals surface area contributed by atoms with Gasteiger partial charge >= 0.3 is 5.82 Å². The van der Waals surface area contributed by atoms with E-state index in [9.17, 15) is 0 Å². The van der Waals surface area contributed by atoms with Crippen LogP contribution in [0.4, 0.5) is 0 Å². The number of rotatable bonds is 1. The molecule has 1 heterocycles. The molecule has 130 valence electrons. The molecule has 1 aromatic heterocycles. The molecule has 3 aromatic carbocycles. The summed E-state index contributed by atoms with van der Waals surface area (Å²) in [4.78, 5) is 5.01. The van der Waals surface area contributed by atoms with Crippen LogP contribution in [-0.2, 0) is 12.5 Å². The molecule has 0 aliphatic carbocycles. The second-order valence-corrected chi connectivity index (χ2v) is 8.17. The van der Waals surface area contributed by atoms with Crippen LogP contribution in [0.2, 0.25) is 0 Å². The molecule has 4 rings (SSSR count). The van der Waals surface area contributed by atoms with E-state index in [0.29, 0.717) is 0 Å². The standard InChI is InChI=1S/C24H25N2/c1-16-14-18(24(2,3)4)11-12-19(16)23-25-22-13-10-17-8-6-7-9-20(17)21(22)15-26(23)5/h6-15H,1-5H3/q+1. The Morgan fingerprint density at radius 2 is 1.65 bits per heavy atom. The summed E-state index contributed by atoms with van der Waals surface area (Å²) in [6.45, 7) is 8.93. The first-order chi connectivity index (χ1) is 12.3. The first-order valence-electron chi connectivity index (χ1n) is 9.14. The van der Waals surface area contributed by atoms with E-state index in [-0.39, 0.29) is 5.41 Å². The van der Waals surface area contributed by atoms with E-state index < -0.39 is 0 Å². The Labute approximate surface area is 155 Å². The van der Waals surface area contributed by atoms with Gasteiger partial charge in [-0.2, -0.15) is 0 Å². The van der Waals surface area contributed by atoms with Gasteiger partial charge in [0.25, 0.3) is 0 Å². The van der Waals surface area contributed by atoms with Gasteiger partial charge in [-0.1, -0.05) is 57.2 Å². The Kier molecular flexibility index (Phi) is 3.80. The highest BCUT2D eigenvalue weighted by atomic mass is 15.0. The highest BCUT2D eigenvalue weighted by Gasteiger charge is 2.21. The molecule has 4 aromatic rings. The monoisotopic (exact) mass is 341 g/mol. The van der Waals surface area contributed by atoms with Gasteiger partial charge in [-0.3, -0.25) is 0 Å². The fourth-order valence-corrected chi connectivity index (χ4v) is 3.60. The van der Waals surface area contributed by atoms with E-state index in [2.05, 4.69) is 100 Å². The Hall–Kier alpha value is -2.74. The maximum atomic E-state index is 5.01. The van der Waals surface area contributed by atoms with Crippen LogP contribution in [0.3, 0.4) is 0 Å². The number of fused-ring (bicyclic) bond motifs is 3. The molecule has 0 bridgehead atoms. The molecule has 2 nitrogen and oxygen atoms in total. The Bertz CT molecular complexity index is 1130. The van der Waals surface area contributed by atoms with Crippen molar-refractivity contribution in [1.29, 1.82) is 0 Å². The number of benzene rings is 3. The molecule has 0 saturated heterocycles. The van der Waals surface area contributed by atoms with E-state index in [1.165, 1.54) is 32.8 Å². The summed E-state index contributed by atoms with van der Waals surface area (Å²) in [6, 6.07) is 19.5. The van der Waals surface area contributed by atoms with Crippen molar-refractivity contribution in [3.05, 3.63) is 71.9 Å². The van der Waals surface area contributed by atoms with Crippen LogP contribution < -0.4 is 4.57 Å². The van der Waals surface area contributed by atoms with Crippen molar-refractivity contribution in [2.24, 2.45) is 7.05 Å². The lowest BCUT2D eigenvalue weighted by Gasteiger charge is -2.20. The molecule has 26 heavy (non-hydrogen) atoms. The largest absolute Gasteiger partial charge is 0.331 e. The number of hydrogen-bond acceptors (Lipinski definition) is 1. The van der Waals surface area contributed by atoms with Crippen LogP contribution in [-0.4, -0.2) is 4.98 Å². The highest BCUT2D eigenvalue weighted by Crippen LogP contribution is 2.29. The van der Waals surface area contributed by atoms with E-state index in [4.69, 9.17) is 4.98 Å². The van der Waals surface area contributed by atoms with E-state index in [1.54, 1.807) is 0 Å². The number of nitrogens with zero attached hydrogens (tertiary/aromatic N) is 2. The molecule has 0 radical (unpaired) electrons. The van der Waals surface area contributed by atoms with Crippen molar-refractivity contribution in [2.75, 3.05) is 0 Å². The van der Waals surface area contributed by atoms with Crippen molar-refractivity contribution >= 4 is 21.7 Å². The van der Waals surface area contributed by atoms with Crippen LogP contribution >= 0.6 is 0 Å². The molecule has 0 amide bonds. The zero-order valence-corrected chi connectivity index (χ0v) is 16.2. The third-order valence-electron chi connectivity index (χ3n) is 5.16. The number of hydrogen-bond donors (Lipinski definition) is 0. The first kappa shape index (κ1) is 16.7. The molecular weight excluding hydrogens is 316 g/mol. The summed E-state index contributed by atoms with van der Waals surface area (Å²) in [6.07, 6.45) is 2.21. The van der Waals surface area contributed by atoms with Crippen LogP contribution in [0, 0.1) is 6.92 Å². The minimum absolute atomic E-state index is 0.154. The molecule has 0 fully saturated rings. The van der Waals surface area contributed by atoms with Crippen molar-refractivity contribution in [3.63, 3.8) is 0 Å². The van der Waals surface area contributed by atoms with Gasteiger partial charge in [0, 0.05) is 0 Å². The maximum Gasteiger partial charge on any atom is 0.331 e. The molecule has 0 atom stereocenters. The van der Waals surface area contributed by atoms with Crippen LogP contribution in [0.25, 0.3) is 33.1 Å². The Balaban J connectivity index is 1.93. The van der Waals surface area contributed by atoms with Gasteiger partial charge in [0.15, 0.2) is 5.52 Å². The highest BCUT2D eigenvalue weighted by molar-refractivity contribution is 6.05. The third-order valence-corrected chi connectivity index (χ3v) is 5.16. The lowest BCUT2D eigenvalue weighted by atomic mass is 9.85. The molecule has 0 aliphatic rings. The first-order valence-corrected chi connectivity index (χ1v) is 9.14. The molecule has 0 unspecified atom stereocenters. The minimum atomic E-state index is 0.154. The topological polar surface area (TPSA) is 16.8 Å². The van der Waals surface area contributed by atoms with Gasteiger partial charge in [0.05, 0.1) is 18.0 Å². The van der Waals surface area contributed by atoms with E-state index in [0.717, 1.165) is 11.3 Å². The fraction of sp³-hybridized carbons (Fsp3) is 0.250. The van der Waals surface area contributed by atoms with Crippen LogP contribution in [0.1, 0.15) is 31.9 Å². The van der Waals surface area contributed by atoms with Gasteiger partial charge in [0.1, 0.15) is 6.20 Å². The summed E-state index contributed by atoms with van der Waals surface area (Å²) in [7, 11) is 2.08. The average Bonchev–Trinajstić information content (AvgIpc) is 2.60. The quantitative estimate of drug-likeness (QED) is 0.331. The van der Waals surface area contributed by atoms with E-state index in [1.807, 2.05) is 0 Å². The smallest absolute Gasteiger partial charge is 0.232 e. The van der Waals surface area contributed by atoms with Crippen molar-refractivity contribution in [3.8, 4) is 11.4 Å². The SMILES string of the molecule is Cc1cc(C(C)(C)C)ccc1-c1nc2ccc3ccccc3c2c[n+]1C. The predicted octanol–water partition coefficient (Wildman–Crippen LogP) is 5.49. The number of aryl methyl sites for hydroxylation is 2. The van der Waals surface area contributed by atoms with Gasteiger partial charge in [-0.15, -0.1) is 0 Å². The van der Waals surface area contributed by atoms with Gasteiger partial charge < -0.3 is 0 Å². The van der Waals surface area contributed by atoms with Gasteiger partial charge in [-0.25, -0.2) is 4.57 Å². The summed E-state index contributed by atoms with van der Waals surface area (Å²) in [5.41, 5.74) is 5.00. The third kappa shape index (κ3) is 2.76. The summed E-state index contributed by atoms with van der Waals surface area (Å²) >= 11 is 0. The Morgan fingerprint density at radius 3 is 2.38 bits per heavy atom. The molecule has 0 N–H and O–H groups in total. The second kappa shape index (κ2) is 5.91. The van der Waals surface area contributed by atoms with Crippen molar-refractivity contribution in [1.82, 2.24) is 4.98 Å². The van der Waals surface area contributed by atoms with E-state index >= 15 is 0 Å². The zero-order valence-electron chi connectivity index (χ0n) is 16.2. The Morgan fingerprint density at radius 1 is 0.885 bits per heavy atom. The van der Waals surface area contributed by atoms with Crippen molar-refractivity contribution in [2.45, 2.75) is 33.1 Å². The average molecular weight is 341 g/mol. The lowest BCUT2D eigenvalue weighted by Crippen LogP contribution is -2.32. The van der Waals surface area contributed by atoms with Crippen LogP contribution in [0.15, 0.2) is 60.8 Å². The second-order valence-electron chi connectivity index (χ2n) is 8.17. The molecular formula is C24H25N2+. The summed E-state index contributed by atoms with van der Waals surface area (Å²) in [5.74, 6) is 1.01. The zero-order chi connectivity index (χ0) is 18.5. The normalized spacial score (nSPS) is 12.0. The summed E-state index contributed by atoms with van der Waals surface area (Å²) < 4.78 is 2.15. The molecule has 2 heteroatoms. The lowest BCUT2D eigenvalue weighted by molar-refractivity contribution is -0.661. The molecule has 0 saturated carbocycles. The summed E-state index contributed by atoms with van der Waals surface area (Å²) in [5, 5.41) is 3.69. The number of aromatic nitrogens is 2. The van der Waals surface area contributed by atoms with Crippen molar-refractivity contribution < 1.29 is 4.57 Å². The maximum absolute atomic E-state index is 5.01. The fourth-order valence-electron chi connectivity index (χ4n) is 3.60.